The average molecular weight is 266 g/mol. The number of aliphatic hydroxyl groups is 1. The lowest BCUT2D eigenvalue weighted by Crippen LogP contribution is -2.33. The van der Waals surface area contributed by atoms with E-state index in [1.165, 1.54) is 18.2 Å². The zero-order chi connectivity index (χ0) is 14.4. The fraction of sp³-hybridized carbons (Fsp3) is 0.462. The fourth-order valence-corrected chi connectivity index (χ4v) is 1.79. The van der Waals surface area contributed by atoms with Gasteiger partial charge in [-0.2, -0.15) is 0 Å². The van der Waals surface area contributed by atoms with Crippen LogP contribution >= 0.6 is 0 Å². The van der Waals surface area contributed by atoms with Gasteiger partial charge in [0.25, 0.3) is 11.6 Å². The molecule has 19 heavy (non-hydrogen) atoms. The van der Waals surface area contributed by atoms with Gasteiger partial charge in [0.1, 0.15) is 0 Å². The van der Waals surface area contributed by atoms with E-state index in [9.17, 15) is 14.9 Å². The van der Waals surface area contributed by atoms with E-state index >= 15 is 0 Å². The van der Waals surface area contributed by atoms with Crippen molar-refractivity contribution in [3.63, 3.8) is 0 Å². The maximum Gasteiger partial charge on any atom is 0.269 e. The highest BCUT2D eigenvalue weighted by Gasteiger charge is 2.15. The summed E-state index contributed by atoms with van der Waals surface area (Å²) in [6.45, 7) is 3.62. The summed E-state index contributed by atoms with van der Waals surface area (Å²) >= 11 is 0. The van der Waals surface area contributed by atoms with Crippen LogP contribution in [0.1, 0.15) is 35.7 Å². The molecule has 1 aromatic rings. The van der Waals surface area contributed by atoms with Gasteiger partial charge in [-0.25, -0.2) is 0 Å². The maximum absolute atomic E-state index is 12.0. The molecule has 0 heterocycles. The van der Waals surface area contributed by atoms with Crippen LogP contribution in [0.15, 0.2) is 18.2 Å². The molecular formula is C13H18N2O4. The summed E-state index contributed by atoms with van der Waals surface area (Å²) in [6.07, 6.45) is 1.31. The summed E-state index contributed by atoms with van der Waals surface area (Å²) in [5, 5.41) is 22.1. The summed E-state index contributed by atoms with van der Waals surface area (Å²) in [5.74, 6) is -0.252. The van der Waals surface area contributed by atoms with E-state index in [1.54, 1.807) is 6.92 Å². The number of nitro benzene ring substituents is 1. The first kappa shape index (κ1) is 15.1. The van der Waals surface area contributed by atoms with Gasteiger partial charge in [-0.3, -0.25) is 14.9 Å². The van der Waals surface area contributed by atoms with Crippen LogP contribution in [0.5, 0.6) is 0 Å². The van der Waals surface area contributed by atoms with Crippen molar-refractivity contribution < 1.29 is 14.8 Å². The largest absolute Gasteiger partial charge is 0.396 e. The van der Waals surface area contributed by atoms with Crippen molar-refractivity contribution in [3.05, 3.63) is 39.4 Å². The Morgan fingerprint density at radius 1 is 1.53 bits per heavy atom. The van der Waals surface area contributed by atoms with Gasteiger partial charge in [-0.05, 0) is 38.3 Å². The number of hydrogen-bond donors (Lipinski definition) is 2. The van der Waals surface area contributed by atoms with Gasteiger partial charge in [-0.15, -0.1) is 0 Å². The van der Waals surface area contributed by atoms with Gasteiger partial charge in [0, 0.05) is 30.3 Å². The molecule has 2 N–H and O–H groups in total. The standard InChI is InChI=1S/C13H18N2O4/c1-9-8-11(15(18)19)5-6-12(9)13(17)14-10(2)4-3-7-16/h5-6,8,10,16H,3-4,7H2,1-2H3,(H,14,17). The second-order valence-electron chi connectivity index (χ2n) is 4.50. The van der Waals surface area contributed by atoms with Gasteiger partial charge in [0.2, 0.25) is 0 Å². The van der Waals surface area contributed by atoms with E-state index in [2.05, 4.69) is 5.32 Å². The molecule has 104 valence electrons. The van der Waals surface area contributed by atoms with Gasteiger partial charge in [0.05, 0.1) is 4.92 Å². The fourth-order valence-electron chi connectivity index (χ4n) is 1.79. The molecule has 1 aromatic carbocycles. The Hall–Kier alpha value is -1.95. The molecule has 1 amide bonds. The van der Waals surface area contributed by atoms with Crippen molar-refractivity contribution >= 4 is 11.6 Å². The third-order valence-corrected chi connectivity index (χ3v) is 2.84. The number of aryl methyl sites for hydroxylation is 1. The van der Waals surface area contributed by atoms with Crippen LogP contribution in [-0.4, -0.2) is 28.6 Å². The smallest absolute Gasteiger partial charge is 0.269 e. The summed E-state index contributed by atoms with van der Waals surface area (Å²) in [4.78, 5) is 22.1. The molecule has 0 radical (unpaired) electrons. The topological polar surface area (TPSA) is 92.5 Å². The van der Waals surface area contributed by atoms with Crippen LogP contribution in [0.25, 0.3) is 0 Å². The molecule has 0 spiro atoms. The van der Waals surface area contributed by atoms with Crippen molar-refractivity contribution in [3.8, 4) is 0 Å². The Kier molecular flexibility index (Phi) is 5.44. The number of rotatable bonds is 6. The summed E-state index contributed by atoms with van der Waals surface area (Å²) in [5.41, 5.74) is 0.977. The number of nitro groups is 1. The van der Waals surface area contributed by atoms with Crippen LogP contribution in [0, 0.1) is 17.0 Å². The summed E-state index contributed by atoms with van der Waals surface area (Å²) in [6, 6.07) is 4.11. The molecule has 0 aromatic heterocycles. The second-order valence-corrected chi connectivity index (χ2v) is 4.50. The highest BCUT2D eigenvalue weighted by molar-refractivity contribution is 5.96. The number of carbonyl (C=O) groups excluding carboxylic acids is 1. The molecule has 0 aliphatic carbocycles. The second kappa shape index (κ2) is 6.84. The Labute approximate surface area is 111 Å². The van der Waals surface area contributed by atoms with E-state index < -0.39 is 4.92 Å². The zero-order valence-electron chi connectivity index (χ0n) is 11.0. The van der Waals surface area contributed by atoms with Crippen LogP contribution in [0.2, 0.25) is 0 Å². The first-order chi connectivity index (χ1) is 8.95. The number of nitrogens with one attached hydrogen (secondary N) is 1. The van der Waals surface area contributed by atoms with Crippen molar-refractivity contribution in [2.75, 3.05) is 6.61 Å². The van der Waals surface area contributed by atoms with Crippen molar-refractivity contribution in [2.45, 2.75) is 32.7 Å². The molecule has 0 aliphatic rings. The zero-order valence-corrected chi connectivity index (χ0v) is 11.0. The molecule has 6 heteroatoms. The Bertz CT molecular complexity index is 474. The van der Waals surface area contributed by atoms with Gasteiger partial charge in [0.15, 0.2) is 0 Å². The van der Waals surface area contributed by atoms with E-state index in [0.29, 0.717) is 24.0 Å². The first-order valence-corrected chi connectivity index (χ1v) is 6.12. The van der Waals surface area contributed by atoms with Gasteiger partial charge >= 0.3 is 0 Å². The molecule has 0 fully saturated rings. The molecule has 0 bridgehead atoms. The lowest BCUT2D eigenvalue weighted by molar-refractivity contribution is -0.384. The minimum Gasteiger partial charge on any atom is -0.396 e. The highest BCUT2D eigenvalue weighted by atomic mass is 16.6. The number of hydrogen-bond acceptors (Lipinski definition) is 4. The number of non-ortho nitro benzene ring substituents is 1. The monoisotopic (exact) mass is 266 g/mol. The normalized spacial score (nSPS) is 11.9. The minimum atomic E-state index is -0.488. The predicted molar refractivity (Wildman–Crippen MR) is 71.1 cm³/mol. The third kappa shape index (κ3) is 4.33. The Balaban J connectivity index is 2.74. The average Bonchev–Trinajstić information content (AvgIpc) is 2.35. The van der Waals surface area contributed by atoms with E-state index in [1.807, 2.05) is 6.92 Å². The number of amides is 1. The maximum atomic E-state index is 12.0. The van der Waals surface area contributed by atoms with Crippen molar-refractivity contribution in [1.29, 1.82) is 0 Å². The molecule has 0 aliphatic heterocycles. The van der Waals surface area contributed by atoms with Crippen molar-refractivity contribution in [1.82, 2.24) is 5.32 Å². The molecule has 0 saturated heterocycles. The van der Waals surface area contributed by atoms with Crippen LogP contribution in [0.3, 0.4) is 0 Å². The minimum absolute atomic E-state index is 0.0256. The number of nitrogens with zero attached hydrogens (tertiary/aromatic N) is 1. The van der Waals surface area contributed by atoms with E-state index in [-0.39, 0.29) is 24.2 Å². The molecule has 6 nitrogen and oxygen atoms in total. The van der Waals surface area contributed by atoms with Crippen LogP contribution < -0.4 is 5.32 Å². The van der Waals surface area contributed by atoms with Gasteiger partial charge in [-0.1, -0.05) is 0 Å². The third-order valence-electron chi connectivity index (χ3n) is 2.84. The Morgan fingerprint density at radius 3 is 2.74 bits per heavy atom. The predicted octanol–water partition coefficient (Wildman–Crippen LogP) is 1.79. The lowest BCUT2D eigenvalue weighted by Gasteiger charge is -2.14. The van der Waals surface area contributed by atoms with E-state index in [0.717, 1.165) is 0 Å². The molecule has 0 saturated carbocycles. The van der Waals surface area contributed by atoms with E-state index in [4.69, 9.17) is 5.11 Å². The number of aliphatic hydroxyl groups excluding tert-OH is 1. The summed E-state index contributed by atoms with van der Waals surface area (Å²) < 4.78 is 0. The SMILES string of the molecule is Cc1cc([N+](=O)[O-])ccc1C(=O)NC(C)CCCO. The Morgan fingerprint density at radius 2 is 2.21 bits per heavy atom. The number of carbonyl (C=O) groups is 1. The molecule has 1 unspecified atom stereocenters. The van der Waals surface area contributed by atoms with Crippen molar-refractivity contribution in [2.24, 2.45) is 0 Å². The molecule has 1 rings (SSSR count). The first-order valence-electron chi connectivity index (χ1n) is 6.12. The quantitative estimate of drug-likeness (QED) is 0.606. The van der Waals surface area contributed by atoms with Crippen LogP contribution in [-0.2, 0) is 0 Å². The van der Waals surface area contributed by atoms with Gasteiger partial charge < -0.3 is 10.4 Å². The summed E-state index contributed by atoms with van der Waals surface area (Å²) in [7, 11) is 0. The highest BCUT2D eigenvalue weighted by Crippen LogP contribution is 2.17. The van der Waals surface area contributed by atoms with Crippen LogP contribution in [0.4, 0.5) is 5.69 Å². The molecular weight excluding hydrogens is 248 g/mol. The molecule has 1 atom stereocenters. The number of benzene rings is 1. The lowest BCUT2D eigenvalue weighted by atomic mass is 10.1.